The predicted octanol–water partition coefficient (Wildman–Crippen LogP) is 2.66. The lowest BCUT2D eigenvalue weighted by molar-refractivity contribution is -0.970. The molecule has 4 rings (SSSR count). The Labute approximate surface area is 219 Å². The zero-order valence-corrected chi connectivity index (χ0v) is 22.3. The molecule has 1 saturated heterocycles. The number of quaternary nitrogens is 1. The average molecular weight is 592 g/mol. The van der Waals surface area contributed by atoms with E-state index < -0.39 is 27.7 Å². The Balaban J connectivity index is 0.00000324. The van der Waals surface area contributed by atoms with Gasteiger partial charge < -0.3 is 21.5 Å². The molecule has 4 nitrogen and oxygen atoms in total. The highest BCUT2D eigenvalue weighted by Crippen LogP contribution is 2.42. The Morgan fingerprint density at radius 2 is 1.29 bits per heavy atom. The summed E-state index contributed by atoms with van der Waals surface area (Å²) in [5.74, 6) is -1.65. The Bertz CT molecular complexity index is 1200. The van der Waals surface area contributed by atoms with Gasteiger partial charge >= 0.3 is 0 Å². The first-order valence-electron chi connectivity index (χ1n) is 10.3. The van der Waals surface area contributed by atoms with Crippen molar-refractivity contribution in [2.24, 2.45) is 0 Å². The second-order valence-corrected chi connectivity index (χ2v) is 11.4. The second-order valence-electron chi connectivity index (χ2n) is 8.69. The minimum atomic E-state index is -3.77. The van der Waals surface area contributed by atoms with Gasteiger partial charge in [0.05, 0.1) is 19.0 Å². The van der Waals surface area contributed by atoms with Crippen LogP contribution < -0.4 is 21.3 Å². The molecule has 1 aliphatic rings. The molecule has 0 bridgehead atoms. The fourth-order valence-electron chi connectivity index (χ4n) is 4.81. The summed E-state index contributed by atoms with van der Waals surface area (Å²) < 4.78 is 54.6. The minimum absolute atomic E-state index is 0. The smallest absolute Gasteiger partial charge is 0.232 e. The molecule has 0 amide bonds. The SMILES string of the molecule is C[N+]1(C(c2ccc(Cl)cc2)c2ccc(Cl)cc2)CC(N(c2cc(F)cc(F)c2)S(C)(=O)=O)C1.[Br-]. The van der Waals surface area contributed by atoms with Crippen LogP contribution in [-0.4, -0.2) is 45.3 Å². The number of anilines is 1. The van der Waals surface area contributed by atoms with Gasteiger partial charge in [-0.2, -0.15) is 0 Å². The van der Waals surface area contributed by atoms with Crippen LogP contribution in [0.3, 0.4) is 0 Å². The summed E-state index contributed by atoms with van der Waals surface area (Å²) in [4.78, 5) is 0. The van der Waals surface area contributed by atoms with Crippen LogP contribution in [0.1, 0.15) is 17.2 Å². The van der Waals surface area contributed by atoms with E-state index in [0.717, 1.165) is 39.9 Å². The van der Waals surface area contributed by atoms with E-state index in [2.05, 4.69) is 0 Å². The van der Waals surface area contributed by atoms with E-state index in [9.17, 15) is 17.2 Å². The molecule has 0 aromatic heterocycles. The van der Waals surface area contributed by atoms with E-state index in [0.29, 0.717) is 27.6 Å². The largest absolute Gasteiger partial charge is 1.00 e. The van der Waals surface area contributed by atoms with Crippen LogP contribution in [0.2, 0.25) is 10.0 Å². The monoisotopic (exact) mass is 590 g/mol. The highest BCUT2D eigenvalue weighted by Gasteiger charge is 2.51. The molecule has 0 atom stereocenters. The number of nitrogens with zero attached hydrogens (tertiary/aromatic N) is 2. The molecular weight excluding hydrogens is 569 g/mol. The first kappa shape index (κ1) is 26.9. The molecule has 34 heavy (non-hydrogen) atoms. The molecule has 0 aliphatic carbocycles. The molecule has 1 aliphatic heterocycles. The summed E-state index contributed by atoms with van der Waals surface area (Å²) in [6.07, 6.45) is 1.05. The van der Waals surface area contributed by atoms with Gasteiger partial charge in [0, 0.05) is 27.2 Å². The van der Waals surface area contributed by atoms with Crippen LogP contribution in [0.5, 0.6) is 0 Å². The zero-order valence-electron chi connectivity index (χ0n) is 18.4. The quantitative estimate of drug-likeness (QED) is 0.414. The van der Waals surface area contributed by atoms with Crippen LogP contribution in [0, 0.1) is 11.6 Å². The van der Waals surface area contributed by atoms with E-state index in [1.54, 1.807) is 0 Å². The number of benzene rings is 3. The standard InChI is InChI=1S/C24H23Cl2F2N2O2S.BrH/c1-30(24(16-3-7-18(25)8-4-16)17-5-9-19(26)10-6-17)14-23(15-30)29(33(2,31)32)22-12-20(27)11-21(28)13-22;/h3-13,23-24H,14-15H2,1-2H3;1H/q+1;/p-1. The minimum Gasteiger partial charge on any atom is -1.00 e. The van der Waals surface area contributed by atoms with Crippen molar-refractivity contribution in [3.63, 3.8) is 0 Å². The number of likely N-dealkylation sites (N-methyl/N-ethyl adjacent to an activating group) is 1. The number of likely N-dealkylation sites (tertiary alicyclic amines) is 1. The molecule has 3 aromatic carbocycles. The molecule has 0 spiro atoms. The molecule has 0 unspecified atom stereocenters. The van der Waals surface area contributed by atoms with Gasteiger partial charge in [-0.25, -0.2) is 17.2 Å². The highest BCUT2D eigenvalue weighted by molar-refractivity contribution is 7.92. The van der Waals surface area contributed by atoms with E-state index in [4.69, 9.17) is 23.2 Å². The van der Waals surface area contributed by atoms with Crippen LogP contribution in [0.15, 0.2) is 66.7 Å². The van der Waals surface area contributed by atoms with Crippen molar-refractivity contribution in [3.05, 3.63) is 99.5 Å². The maximum absolute atomic E-state index is 13.9. The van der Waals surface area contributed by atoms with Crippen LogP contribution >= 0.6 is 23.2 Å². The van der Waals surface area contributed by atoms with Crippen LogP contribution in [0.25, 0.3) is 0 Å². The van der Waals surface area contributed by atoms with Crippen LogP contribution in [-0.2, 0) is 10.0 Å². The summed E-state index contributed by atoms with van der Waals surface area (Å²) in [5, 5.41) is 1.24. The third-order valence-electron chi connectivity index (χ3n) is 6.04. The third-order valence-corrected chi connectivity index (χ3v) is 7.77. The summed E-state index contributed by atoms with van der Waals surface area (Å²) in [7, 11) is -1.73. The lowest BCUT2D eigenvalue weighted by atomic mass is 9.90. The Kier molecular flexibility index (Phi) is 7.99. The molecule has 182 valence electrons. The van der Waals surface area contributed by atoms with Crippen LogP contribution in [0.4, 0.5) is 14.5 Å². The lowest BCUT2D eigenvalue weighted by Gasteiger charge is -2.54. The fraction of sp³-hybridized carbons (Fsp3) is 0.250. The van der Waals surface area contributed by atoms with Crippen molar-refractivity contribution in [2.45, 2.75) is 12.1 Å². The average Bonchev–Trinajstić information content (AvgIpc) is 2.68. The number of sulfonamides is 1. The number of halogens is 5. The molecule has 1 fully saturated rings. The highest BCUT2D eigenvalue weighted by atomic mass is 79.9. The molecular formula is C24H23BrCl2F2N2O2S. The summed E-state index contributed by atoms with van der Waals surface area (Å²) >= 11 is 12.2. The summed E-state index contributed by atoms with van der Waals surface area (Å²) in [6.45, 7) is 0.891. The van der Waals surface area contributed by atoms with Gasteiger partial charge in [-0.1, -0.05) is 47.5 Å². The lowest BCUT2D eigenvalue weighted by Crippen LogP contribution is -3.00. The molecule has 1 heterocycles. The fourth-order valence-corrected chi connectivity index (χ4v) is 6.23. The number of hydrogen-bond acceptors (Lipinski definition) is 2. The third kappa shape index (κ3) is 5.57. The summed E-state index contributed by atoms with van der Waals surface area (Å²) in [6, 6.07) is 17.3. The van der Waals surface area contributed by atoms with E-state index in [-0.39, 0.29) is 28.7 Å². The Morgan fingerprint density at radius 1 is 0.882 bits per heavy atom. The summed E-state index contributed by atoms with van der Waals surface area (Å²) in [5.41, 5.74) is 2.02. The second kappa shape index (κ2) is 10.1. The first-order valence-corrected chi connectivity index (χ1v) is 12.9. The van der Waals surface area contributed by atoms with Gasteiger partial charge in [-0.3, -0.25) is 4.31 Å². The molecule has 3 aromatic rings. The Hall–Kier alpha value is -1.71. The van der Waals surface area contributed by atoms with E-state index >= 15 is 0 Å². The van der Waals surface area contributed by atoms with Crippen molar-refractivity contribution >= 4 is 38.9 Å². The van der Waals surface area contributed by atoms with Gasteiger partial charge in [0.1, 0.15) is 36.8 Å². The van der Waals surface area contributed by atoms with Gasteiger partial charge in [0.2, 0.25) is 10.0 Å². The van der Waals surface area contributed by atoms with Crippen molar-refractivity contribution < 1.29 is 38.7 Å². The maximum Gasteiger partial charge on any atom is 0.232 e. The zero-order chi connectivity index (χ0) is 24.0. The van der Waals surface area contributed by atoms with Crippen molar-refractivity contribution in [1.29, 1.82) is 0 Å². The first-order chi connectivity index (χ1) is 15.5. The van der Waals surface area contributed by atoms with Crippen molar-refractivity contribution in [3.8, 4) is 0 Å². The number of rotatable bonds is 6. The Morgan fingerprint density at radius 3 is 1.68 bits per heavy atom. The van der Waals surface area contributed by atoms with Gasteiger partial charge in [0.25, 0.3) is 0 Å². The van der Waals surface area contributed by atoms with E-state index in [1.807, 2.05) is 55.6 Å². The van der Waals surface area contributed by atoms with Crippen molar-refractivity contribution in [2.75, 3.05) is 30.7 Å². The van der Waals surface area contributed by atoms with E-state index in [1.165, 1.54) is 0 Å². The van der Waals surface area contributed by atoms with Gasteiger partial charge in [0.15, 0.2) is 0 Å². The molecule has 0 N–H and O–H groups in total. The molecule has 0 saturated carbocycles. The van der Waals surface area contributed by atoms with Gasteiger partial charge in [-0.15, -0.1) is 0 Å². The maximum atomic E-state index is 13.9. The van der Waals surface area contributed by atoms with Crippen molar-refractivity contribution in [1.82, 2.24) is 0 Å². The number of hydrogen-bond donors (Lipinski definition) is 0. The molecule has 0 radical (unpaired) electrons. The van der Waals surface area contributed by atoms with Gasteiger partial charge in [-0.05, 0) is 36.4 Å². The predicted molar refractivity (Wildman–Crippen MR) is 128 cm³/mol. The topological polar surface area (TPSA) is 37.4 Å². The molecule has 10 heteroatoms. The normalized spacial score (nSPS) is 19.9.